The van der Waals surface area contributed by atoms with Crippen LogP contribution in [0.1, 0.15) is 6.92 Å². The topological polar surface area (TPSA) is 36.0 Å². The van der Waals surface area contributed by atoms with E-state index in [4.69, 9.17) is 4.74 Å². The molecule has 1 fully saturated rings. The number of hydrogen-bond donors (Lipinski definition) is 0. The van der Waals surface area contributed by atoms with Gasteiger partial charge in [-0.3, -0.25) is 14.6 Å². The van der Waals surface area contributed by atoms with Crippen molar-refractivity contribution in [1.29, 1.82) is 0 Å². The summed E-state index contributed by atoms with van der Waals surface area (Å²) in [6.45, 7) is 13.5. The maximum Gasteiger partial charge on any atom is 0.320 e. The fourth-order valence-electron chi connectivity index (χ4n) is 2.16. The molecule has 0 N–H and O–H groups in total. The van der Waals surface area contributed by atoms with Gasteiger partial charge in [-0.15, -0.1) is 6.58 Å². The molecule has 0 bridgehead atoms. The van der Waals surface area contributed by atoms with Gasteiger partial charge in [0.2, 0.25) is 0 Å². The van der Waals surface area contributed by atoms with Gasteiger partial charge in [-0.05, 0) is 14.0 Å². The van der Waals surface area contributed by atoms with E-state index in [1.54, 1.807) is 0 Å². The minimum Gasteiger partial charge on any atom is -0.465 e. The van der Waals surface area contributed by atoms with Crippen LogP contribution >= 0.6 is 0 Å². The van der Waals surface area contributed by atoms with Crippen molar-refractivity contribution < 1.29 is 9.53 Å². The van der Waals surface area contributed by atoms with Crippen LogP contribution in [0.4, 0.5) is 0 Å². The first-order valence-electron chi connectivity index (χ1n) is 7.05. The van der Waals surface area contributed by atoms with Crippen molar-refractivity contribution in [2.24, 2.45) is 0 Å². The Labute approximate surface area is 116 Å². The number of rotatable bonds is 8. The van der Waals surface area contributed by atoms with E-state index in [0.29, 0.717) is 13.2 Å². The van der Waals surface area contributed by atoms with Crippen LogP contribution in [0, 0.1) is 0 Å². The van der Waals surface area contributed by atoms with Crippen LogP contribution in [-0.4, -0.2) is 86.7 Å². The Balaban J connectivity index is 2.28. The van der Waals surface area contributed by atoms with Gasteiger partial charge in [-0.25, -0.2) is 0 Å². The predicted molar refractivity (Wildman–Crippen MR) is 77.2 cm³/mol. The molecule has 0 aromatic carbocycles. The molecule has 1 saturated heterocycles. The van der Waals surface area contributed by atoms with Crippen LogP contribution in [0.3, 0.4) is 0 Å². The molecule has 0 aliphatic carbocycles. The van der Waals surface area contributed by atoms with Crippen LogP contribution in [0.15, 0.2) is 12.7 Å². The van der Waals surface area contributed by atoms with E-state index in [2.05, 4.69) is 28.3 Å². The lowest BCUT2D eigenvalue weighted by atomic mass is 10.3. The van der Waals surface area contributed by atoms with E-state index in [1.807, 2.05) is 13.0 Å². The molecule has 5 nitrogen and oxygen atoms in total. The molecule has 0 amide bonds. The molecule has 1 aliphatic heterocycles. The van der Waals surface area contributed by atoms with E-state index in [1.165, 1.54) is 0 Å². The van der Waals surface area contributed by atoms with Crippen molar-refractivity contribution in [3.63, 3.8) is 0 Å². The average molecular weight is 269 g/mol. The largest absolute Gasteiger partial charge is 0.465 e. The molecular weight excluding hydrogens is 242 g/mol. The SMILES string of the molecule is C=CCN(CCN1CCN(C)CC1)CC(=O)OCC. The van der Waals surface area contributed by atoms with Gasteiger partial charge in [-0.1, -0.05) is 6.08 Å². The molecule has 0 saturated carbocycles. The van der Waals surface area contributed by atoms with Crippen LogP contribution in [0.2, 0.25) is 0 Å². The second-order valence-corrected chi connectivity index (χ2v) is 4.97. The van der Waals surface area contributed by atoms with Crippen molar-refractivity contribution in [1.82, 2.24) is 14.7 Å². The summed E-state index contributed by atoms with van der Waals surface area (Å²) in [6, 6.07) is 0. The second kappa shape index (κ2) is 9.07. The molecule has 0 aromatic rings. The van der Waals surface area contributed by atoms with Gasteiger partial charge in [-0.2, -0.15) is 0 Å². The number of esters is 1. The fourth-order valence-corrected chi connectivity index (χ4v) is 2.16. The molecular formula is C14H27N3O2. The molecule has 0 radical (unpaired) electrons. The Kier molecular flexibility index (Phi) is 7.70. The summed E-state index contributed by atoms with van der Waals surface area (Å²) in [5.74, 6) is -0.150. The van der Waals surface area contributed by atoms with Gasteiger partial charge < -0.3 is 9.64 Å². The summed E-state index contributed by atoms with van der Waals surface area (Å²) in [4.78, 5) is 18.4. The normalized spacial score (nSPS) is 17.6. The summed E-state index contributed by atoms with van der Waals surface area (Å²) in [5.41, 5.74) is 0. The minimum atomic E-state index is -0.150. The van der Waals surface area contributed by atoms with Crippen LogP contribution < -0.4 is 0 Å². The Morgan fingerprint density at radius 1 is 1.37 bits per heavy atom. The molecule has 1 heterocycles. The third-order valence-corrected chi connectivity index (χ3v) is 3.37. The van der Waals surface area contributed by atoms with Crippen LogP contribution in [0.25, 0.3) is 0 Å². The zero-order valence-electron chi connectivity index (χ0n) is 12.3. The number of nitrogens with zero attached hydrogens (tertiary/aromatic N) is 3. The van der Waals surface area contributed by atoms with Gasteiger partial charge in [0.25, 0.3) is 0 Å². The van der Waals surface area contributed by atoms with Crippen molar-refractivity contribution in [3.05, 3.63) is 12.7 Å². The van der Waals surface area contributed by atoms with Gasteiger partial charge in [0.15, 0.2) is 0 Å². The molecule has 110 valence electrons. The lowest BCUT2D eigenvalue weighted by Gasteiger charge is -2.33. The number of hydrogen-bond acceptors (Lipinski definition) is 5. The molecule has 19 heavy (non-hydrogen) atoms. The maximum absolute atomic E-state index is 11.5. The summed E-state index contributed by atoms with van der Waals surface area (Å²) in [6.07, 6.45) is 1.84. The molecule has 0 spiro atoms. The monoisotopic (exact) mass is 269 g/mol. The van der Waals surface area contributed by atoms with E-state index in [-0.39, 0.29) is 5.97 Å². The summed E-state index contributed by atoms with van der Waals surface area (Å²) in [5, 5.41) is 0. The number of carbonyl (C=O) groups excluding carboxylic acids is 1. The van der Waals surface area contributed by atoms with E-state index < -0.39 is 0 Å². The van der Waals surface area contributed by atoms with Gasteiger partial charge in [0, 0.05) is 45.8 Å². The third kappa shape index (κ3) is 6.71. The van der Waals surface area contributed by atoms with Crippen molar-refractivity contribution in [3.8, 4) is 0 Å². The average Bonchev–Trinajstić information content (AvgIpc) is 2.38. The highest BCUT2D eigenvalue weighted by Gasteiger charge is 2.16. The number of piperazine rings is 1. The first-order valence-corrected chi connectivity index (χ1v) is 7.05. The number of likely N-dealkylation sites (N-methyl/N-ethyl adjacent to an activating group) is 1. The standard InChI is InChI=1S/C14H27N3O2/c1-4-6-17(13-14(18)19-5-2)12-11-16-9-7-15(3)8-10-16/h4H,1,5-13H2,2-3H3. The fraction of sp³-hybridized carbons (Fsp3) is 0.786. The smallest absolute Gasteiger partial charge is 0.320 e. The quantitative estimate of drug-likeness (QED) is 0.467. The summed E-state index contributed by atoms with van der Waals surface area (Å²) < 4.78 is 4.99. The van der Waals surface area contributed by atoms with Crippen molar-refractivity contribution >= 4 is 5.97 Å². The van der Waals surface area contributed by atoms with E-state index in [9.17, 15) is 4.79 Å². The molecule has 0 aromatic heterocycles. The third-order valence-electron chi connectivity index (χ3n) is 3.37. The zero-order valence-corrected chi connectivity index (χ0v) is 12.3. The van der Waals surface area contributed by atoms with Crippen LogP contribution in [-0.2, 0) is 9.53 Å². The molecule has 5 heteroatoms. The summed E-state index contributed by atoms with van der Waals surface area (Å²) in [7, 11) is 2.15. The van der Waals surface area contributed by atoms with Crippen molar-refractivity contribution in [2.45, 2.75) is 6.92 Å². The molecule has 1 aliphatic rings. The molecule has 0 atom stereocenters. The number of carbonyl (C=O) groups is 1. The highest BCUT2D eigenvalue weighted by Crippen LogP contribution is 2.00. The summed E-state index contributed by atoms with van der Waals surface area (Å²) >= 11 is 0. The minimum absolute atomic E-state index is 0.150. The highest BCUT2D eigenvalue weighted by molar-refractivity contribution is 5.71. The Morgan fingerprint density at radius 2 is 2.05 bits per heavy atom. The maximum atomic E-state index is 11.5. The first kappa shape index (κ1) is 16.1. The second-order valence-electron chi connectivity index (χ2n) is 4.97. The lowest BCUT2D eigenvalue weighted by molar-refractivity contribution is -0.144. The van der Waals surface area contributed by atoms with Crippen LogP contribution in [0.5, 0.6) is 0 Å². The predicted octanol–water partition coefficient (Wildman–Crippen LogP) is 0.285. The first-order chi connectivity index (χ1) is 9.15. The van der Waals surface area contributed by atoms with Gasteiger partial charge in [0.1, 0.15) is 0 Å². The van der Waals surface area contributed by atoms with Crippen molar-refractivity contribution in [2.75, 3.05) is 66.0 Å². The molecule has 1 rings (SSSR count). The molecule has 0 unspecified atom stereocenters. The lowest BCUT2D eigenvalue weighted by Crippen LogP contribution is -2.47. The zero-order chi connectivity index (χ0) is 14.1. The highest BCUT2D eigenvalue weighted by atomic mass is 16.5. The number of ether oxygens (including phenoxy) is 1. The van der Waals surface area contributed by atoms with Gasteiger partial charge >= 0.3 is 5.97 Å². The van der Waals surface area contributed by atoms with E-state index >= 15 is 0 Å². The van der Waals surface area contributed by atoms with E-state index in [0.717, 1.165) is 45.8 Å². The Morgan fingerprint density at radius 3 is 2.63 bits per heavy atom. The Bertz CT molecular complexity index is 276. The van der Waals surface area contributed by atoms with Gasteiger partial charge in [0.05, 0.1) is 13.2 Å². The Hall–Kier alpha value is -0.910.